The molecule has 0 bridgehead atoms. The first kappa shape index (κ1) is 22.7. The van der Waals surface area contributed by atoms with Crippen LogP contribution in [0.25, 0.3) is 33.2 Å². The van der Waals surface area contributed by atoms with Crippen molar-refractivity contribution in [3.63, 3.8) is 0 Å². The summed E-state index contributed by atoms with van der Waals surface area (Å²) in [7, 11) is 4.13. The zero-order valence-electron chi connectivity index (χ0n) is 20.9. The highest BCUT2D eigenvalue weighted by atomic mass is 15.1. The number of anilines is 2. The topological polar surface area (TPSA) is 69.7 Å². The Morgan fingerprint density at radius 1 is 0.838 bits per heavy atom. The van der Waals surface area contributed by atoms with Gasteiger partial charge in [-0.2, -0.15) is 0 Å². The molecule has 0 amide bonds. The second-order valence-electron chi connectivity index (χ2n) is 9.36. The van der Waals surface area contributed by atoms with Gasteiger partial charge in [-0.05, 0) is 53.6 Å². The third-order valence-corrected chi connectivity index (χ3v) is 6.81. The molecular formula is C31H28N6. The van der Waals surface area contributed by atoms with Crippen LogP contribution in [0.1, 0.15) is 17.0 Å². The van der Waals surface area contributed by atoms with Crippen molar-refractivity contribution in [1.29, 1.82) is 0 Å². The molecule has 6 aromatic rings. The Kier molecular flexibility index (Phi) is 5.98. The van der Waals surface area contributed by atoms with Gasteiger partial charge in [0.05, 0.1) is 5.52 Å². The van der Waals surface area contributed by atoms with E-state index in [4.69, 9.17) is 9.97 Å². The van der Waals surface area contributed by atoms with Gasteiger partial charge in [0.1, 0.15) is 5.82 Å². The lowest BCUT2D eigenvalue weighted by Crippen LogP contribution is -2.16. The quantitative estimate of drug-likeness (QED) is 0.271. The van der Waals surface area contributed by atoms with E-state index >= 15 is 0 Å². The Morgan fingerprint density at radius 3 is 2.41 bits per heavy atom. The Morgan fingerprint density at radius 2 is 1.62 bits per heavy atom. The van der Waals surface area contributed by atoms with Gasteiger partial charge in [-0.3, -0.25) is 4.98 Å². The molecule has 0 aliphatic heterocycles. The molecule has 37 heavy (non-hydrogen) atoms. The molecule has 3 aromatic heterocycles. The lowest BCUT2D eigenvalue weighted by atomic mass is 9.90. The predicted molar refractivity (Wildman–Crippen MR) is 152 cm³/mol. The van der Waals surface area contributed by atoms with E-state index in [0.717, 1.165) is 27.8 Å². The van der Waals surface area contributed by atoms with Crippen LogP contribution in [0.4, 0.5) is 11.5 Å². The van der Waals surface area contributed by atoms with Crippen LogP contribution >= 0.6 is 0 Å². The molecule has 0 aliphatic carbocycles. The van der Waals surface area contributed by atoms with E-state index in [1.54, 1.807) is 12.4 Å². The summed E-state index contributed by atoms with van der Waals surface area (Å²) in [5.74, 6) is 1.59. The van der Waals surface area contributed by atoms with Crippen LogP contribution in [0.2, 0.25) is 0 Å². The Labute approximate surface area is 216 Å². The Balaban J connectivity index is 1.41. The van der Waals surface area contributed by atoms with E-state index in [2.05, 4.69) is 95.1 Å². The number of nitrogens with one attached hydrogen (secondary N) is 2. The molecule has 0 fully saturated rings. The molecule has 3 heterocycles. The largest absolute Gasteiger partial charge is 0.378 e. The van der Waals surface area contributed by atoms with E-state index in [9.17, 15) is 0 Å². The van der Waals surface area contributed by atoms with Crippen molar-refractivity contribution in [3.05, 3.63) is 115 Å². The van der Waals surface area contributed by atoms with E-state index in [1.165, 1.54) is 22.2 Å². The number of pyridine rings is 1. The van der Waals surface area contributed by atoms with Gasteiger partial charge in [-0.15, -0.1) is 0 Å². The predicted octanol–water partition coefficient (Wildman–Crippen LogP) is 6.48. The molecule has 3 aromatic carbocycles. The number of benzene rings is 3. The van der Waals surface area contributed by atoms with Gasteiger partial charge in [0.25, 0.3) is 0 Å². The van der Waals surface area contributed by atoms with Crippen molar-refractivity contribution >= 4 is 33.3 Å². The van der Waals surface area contributed by atoms with Crippen LogP contribution in [0, 0.1) is 0 Å². The van der Waals surface area contributed by atoms with Gasteiger partial charge in [0.2, 0.25) is 0 Å². The number of H-pyrrole nitrogens is 1. The maximum Gasteiger partial charge on any atom is 0.163 e. The average Bonchev–Trinajstić information content (AvgIpc) is 3.38. The zero-order chi connectivity index (χ0) is 25.2. The third-order valence-electron chi connectivity index (χ3n) is 6.81. The maximum absolute atomic E-state index is 4.94. The monoisotopic (exact) mass is 484 g/mol. The molecule has 0 spiro atoms. The Bertz CT molecular complexity index is 1650. The molecule has 6 rings (SSSR count). The van der Waals surface area contributed by atoms with Gasteiger partial charge in [-0.25, -0.2) is 9.97 Å². The number of nitrogens with zero attached hydrogens (tertiary/aromatic N) is 4. The van der Waals surface area contributed by atoms with E-state index in [-0.39, 0.29) is 5.92 Å². The van der Waals surface area contributed by atoms with Crippen LogP contribution in [0.5, 0.6) is 0 Å². The molecule has 0 saturated heterocycles. The number of fused-ring (bicyclic) bond motifs is 2. The molecule has 0 radical (unpaired) electrons. The molecule has 182 valence electrons. The highest BCUT2D eigenvalue weighted by Gasteiger charge is 2.20. The van der Waals surface area contributed by atoms with Crippen LogP contribution in [-0.4, -0.2) is 40.6 Å². The van der Waals surface area contributed by atoms with Gasteiger partial charge < -0.3 is 15.2 Å². The van der Waals surface area contributed by atoms with Gasteiger partial charge >= 0.3 is 0 Å². The first-order chi connectivity index (χ1) is 18.2. The van der Waals surface area contributed by atoms with Crippen LogP contribution in [0.15, 0.2) is 104 Å². The number of rotatable bonds is 7. The van der Waals surface area contributed by atoms with E-state index in [1.807, 2.05) is 30.3 Å². The number of hydrogen-bond donors (Lipinski definition) is 2. The maximum atomic E-state index is 4.94. The number of hydrogen-bond acceptors (Lipinski definition) is 5. The fourth-order valence-electron chi connectivity index (χ4n) is 4.83. The smallest absolute Gasteiger partial charge is 0.163 e. The lowest BCUT2D eigenvalue weighted by molar-refractivity contribution is 0.856. The average molecular weight is 485 g/mol. The standard InChI is InChI=1S/C31H28N6/c1-37(2)23-15-13-21(14-16-23)26(27-20-33-28-11-5-3-9-24(27)28)19-34-31-25-10-4-6-12-29(25)35-30(36-31)22-8-7-17-32-18-22/h3-18,20,26,33H,19H2,1-2H3,(H,34,35,36)/t26-/m0/s1. The lowest BCUT2D eigenvalue weighted by Gasteiger charge is -2.21. The molecule has 0 unspecified atom stereocenters. The minimum Gasteiger partial charge on any atom is -0.378 e. The summed E-state index contributed by atoms with van der Waals surface area (Å²) in [6.45, 7) is 0.677. The number of aromatic amines is 1. The van der Waals surface area contributed by atoms with Gasteiger partial charge in [-0.1, -0.05) is 42.5 Å². The summed E-state index contributed by atoms with van der Waals surface area (Å²) in [5.41, 5.74) is 6.61. The number of para-hydroxylation sites is 2. The van der Waals surface area contributed by atoms with Crippen molar-refractivity contribution in [2.24, 2.45) is 0 Å². The highest BCUT2D eigenvalue weighted by Crippen LogP contribution is 2.33. The molecule has 0 saturated carbocycles. The summed E-state index contributed by atoms with van der Waals surface area (Å²) in [6, 6.07) is 29.3. The van der Waals surface area contributed by atoms with Crippen molar-refractivity contribution in [1.82, 2.24) is 19.9 Å². The second kappa shape index (κ2) is 9.74. The van der Waals surface area contributed by atoms with Crippen LogP contribution in [-0.2, 0) is 0 Å². The summed E-state index contributed by atoms with van der Waals surface area (Å²) in [6.07, 6.45) is 5.70. The van der Waals surface area contributed by atoms with E-state index < -0.39 is 0 Å². The van der Waals surface area contributed by atoms with E-state index in [0.29, 0.717) is 12.4 Å². The van der Waals surface area contributed by atoms with Crippen LogP contribution < -0.4 is 10.2 Å². The van der Waals surface area contributed by atoms with Crippen molar-refractivity contribution in [3.8, 4) is 11.4 Å². The molecule has 6 heteroatoms. The number of aromatic nitrogens is 4. The third kappa shape index (κ3) is 4.49. The second-order valence-corrected chi connectivity index (χ2v) is 9.36. The minimum atomic E-state index is 0.114. The van der Waals surface area contributed by atoms with Gasteiger partial charge in [0.15, 0.2) is 5.82 Å². The minimum absolute atomic E-state index is 0.114. The first-order valence-corrected chi connectivity index (χ1v) is 12.4. The molecule has 2 N–H and O–H groups in total. The van der Waals surface area contributed by atoms with Crippen LogP contribution in [0.3, 0.4) is 0 Å². The summed E-state index contributed by atoms with van der Waals surface area (Å²) >= 11 is 0. The van der Waals surface area contributed by atoms with Crippen molar-refractivity contribution < 1.29 is 0 Å². The highest BCUT2D eigenvalue weighted by molar-refractivity contribution is 5.90. The molecule has 1 atom stereocenters. The summed E-state index contributed by atoms with van der Waals surface area (Å²) in [4.78, 5) is 19.6. The van der Waals surface area contributed by atoms with Crippen molar-refractivity contribution in [2.75, 3.05) is 30.9 Å². The summed E-state index contributed by atoms with van der Waals surface area (Å²) < 4.78 is 0. The normalized spacial score (nSPS) is 12.1. The first-order valence-electron chi connectivity index (χ1n) is 12.4. The molecular weight excluding hydrogens is 456 g/mol. The summed E-state index contributed by atoms with van der Waals surface area (Å²) in [5, 5.41) is 5.92. The SMILES string of the molecule is CN(C)c1ccc([C@H](CNc2nc(-c3cccnc3)nc3ccccc23)c2c[nH]c3ccccc23)cc1. The fraction of sp³-hybridized carbons (Fsp3) is 0.129. The molecule has 0 aliphatic rings. The fourth-order valence-corrected chi connectivity index (χ4v) is 4.83. The molecule has 6 nitrogen and oxygen atoms in total. The zero-order valence-corrected chi connectivity index (χ0v) is 20.9. The Hall–Kier alpha value is -4.71. The van der Waals surface area contributed by atoms with Crippen molar-refractivity contribution in [2.45, 2.75) is 5.92 Å². The van der Waals surface area contributed by atoms with Gasteiger partial charge in [0, 0.05) is 72.7 Å².